The third-order valence-corrected chi connectivity index (χ3v) is 5.79. The Bertz CT molecular complexity index is 1180. The maximum atomic E-state index is 12.8. The fourth-order valence-corrected chi connectivity index (χ4v) is 4.17. The molecule has 0 bridgehead atoms. The molecule has 2 aliphatic rings. The Balaban J connectivity index is 1.53. The Hall–Kier alpha value is -4.16. The van der Waals surface area contributed by atoms with Gasteiger partial charge < -0.3 is 10.4 Å². The Kier molecular flexibility index (Phi) is 6.11. The van der Waals surface area contributed by atoms with Crippen molar-refractivity contribution >= 4 is 29.4 Å². The number of carbonyl (C=O) groups is 4. The van der Waals surface area contributed by atoms with E-state index in [1.54, 1.807) is 17.6 Å². The molecular weight excluding hydrogens is 426 g/mol. The lowest BCUT2D eigenvalue weighted by atomic mass is 9.92. The summed E-state index contributed by atoms with van der Waals surface area (Å²) in [6, 6.07) is 10.5. The largest absolute Gasteiger partial charge is 0.480 e. The lowest BCUT2D eigenvalue weighted by Crippen LogP contribution is -2.45. The van der Waals surface area contributed by atoms with E-state index >= 15 is 0 Å². The van der Waals surface area contributed by atoms with E-state index in [1.165, 1.54) is 12.1 Å². The van der Waals surface area contributed by atoms with Crippen molar-refractivity contribution in [3.8, 4) is 11.8 Å². The van der Waals surface area contributed by atoms with E-state index in [0.29, 0.717) is 12.1 Å². The van der Waals surface area contributed by atoms with Gasteiger partial charge in [0.15, 0.2) is 0 Å². The summed E-state index contributed by atoms with van der Waals surface area (Å²) in [5, 5.41) is 21.6. The summed E-state index contributed by atoms with van der Waals surface area (Å²) in [5.41, 5.74) is 4.38. The quantitative estimate of drug-likeness (QED) is 0.230. The molecule has 4 rings (SSSR count). The monoisotopic (exact) mass is 447 g/mol. The number of carboxylic acids is 1. The van der Waals surface area contributed by atoms with Gasteiger partial charge in [-0.05, 0) is 42.3 Å². The number of carboxylic acid groups (broad SMARTS) is 1. The average Bonchev–Trinajstić information content (AvgIpc) is 3.33. The molecule has 168 valence electrons. The SMILES string of the molecule is O=C(CCC#Cc1ccc2c(c1)C(C[C@@H](C(=O)O)N1C(=O)c3ccccc3C1=O)CN2)NO. The maximum absolute atomic E-state index is 12.8. The van der Waals surface area contributed by atoms with Crippen LogP contribution in [0.5, 0.6) is 0 Å². The molecule has 2 aromatic carbocycles. The molecule has 0 aliphatic carbocycles. The first-order chi connectivity index (χ1) is 15.9. The van der Waals surface area contributed by atoms with E-state index < -0.39 is 29.7 Å². The highest BCUT2D eigenvalue weighted by Gasteiger charge is 2.44. The number of amides is 3. The summed E-state index contributed by atoms with van der Waals surface area (Å²) in [6.07, 6.45) is 0.402. The molecular formula is C24H21N3O6. The van der Waals surface area contributed by atoms with Crippen molar-refractivity contribution in [2.75, 3.05) is 11.9 Å². The van der Waals surface area contributed by atoms with E-state index in [-0.39, 0.29) is 36.3 Å². The number of nitrogens with one attached hydrogen (secondary N) is 2. The zero-order chi connectivity index (χ0) is 23.5. The van der Waals surface area contributed by atoms with Crippen molar-refractivity contribution in [2.24, 2.45) is 0 Å². The molecule has 1 unspecified atom stereocenters. The highest BCUT2D eigenvalue weighted by atomic mass is 16.5. The zero-order valence-electron chi connectivity index (χ0n) is 17.5. The smallest absolute Gasteiger partial charge is 0.326 e. The summed E-state index contributed by atoms with van der Waals surface area (Å²) in [6.45, 7) is 0.468. The van der Waals surface area contributed by atoms with Crippen LogP contribution in [0.4, 0.5) is 5.69 Å². The molecule has 0 saturated carbocycles. The van der Waals surface area contributed by atoms with Gasteiger partial charge in [0, 0.05) is 36.6 Å². The molecule has 9 heteroatoms. The van der Waals surface area contributed by atoms with Crippen LogP contribution in [0.25, 0.3) is 0 Å². The van der Waals surface area contributed by atoms with Crippen LogP contribution in [0, 0.1) is 11.8 Å². The first-order valence-electron chi connectivity index (χ1n) is 10.4. The second-order valence-electron chi connectivity index (χ2n) is 7.83. The molecule has 2 heterocycles. The Morgan fingerprint density at radius 1 is 1.15 bits per heavy atom. The second kappa shape index (κ2) is 9.14. The van der Waals surface area contributed by atoms with Crippen molar-refractivity contribution in [2.45, 2.75) is 31.2 Å². The van der Waals surface area contributed by atoms with Crippen LogP contribution in [0.2, 0.25) is 0 Å². The molecule has 0 spiro atoms. The number of hydroxylamine groups is 1. The molecule has 0 aromatic heterocycles. The van der Waals surface area contributed by atoms with Gasteiger partial charge in [0.1, 0.15) is 6.04 Å². The van der Waals surface area contributed by atoms with Crippen LogP contribution in [0.3, 0.4) is 0 Å². The van der Waals surface area contributed by atoms with Gasteiger partial charge in [-0.2, -0.15) is 0 Å². The lowest BCUT2D eigenvalue weighted by molar-refractivity contribution is -0.142. The normalized spacial score (nSPS) is 16.9. The molecule has 3 amide bonds. The molecule has 2 aromatic rings. The van der Waals surface area contributed by atoms with Gasteiger partial charge in [-0.25, -0.2) is 10.3 Å². The fraction of sp³-hybridized carbons (Fsp3) is 0.250. The average molecular weight is 447 g/mol. The van der Waals surface area contributed by atoms with Crippen LogP contribution in [-0.2, 0) is 9.59 Å². The molecule has 0 saturated heterocycles. The number of hydrogen-bond acceptors (Lipinski definition) is 6. The highest BCUT2D eigenvalue weighted by Crippen LogP contribution is 2.37. The molecule has 2 atom stereocenters. The summed E-state index contributed by atoms with van der Waals surface area (Å²) in [5.74, 6) is 2.63. The summed E-state index contributed by atoms with van der Waals surface area (Å²) in [7, 11) is 0. The van der Waals surface area contributed by atoms with Gasteiger partial charge in [0.25, 0.3) is 11.8 Å². The predicted octanol–water partition coefficient (Wildman–Crippen LogP) is 1.97. The van der Waals surface area contributed by atoms with E-state index in [0.717, 1.165) is 16.2 Å². The third kappa shape index (κ3) is 4.29. The molecule has 33 heavy (non-hydrogen) atoms. The summed E-state index contributed by atoms with van der Waals surface area (Å²) < 4.78 is 0. The molecule has 0 radical (unpaired) electrons. The highest BCUT2D eigenvalue weighted by molar-refractivity contribution is 6.22. The number of imide groups is 1. The Morgan fingerprint density at radius 3 is 2.48 bits per heavy atom. The van der Waals surface area contributed by atoms with Crippen LogP contribution in [0.15, 0.2) is 42.5 Å². The second-order valence-corrected chi connectivity index (χ2v) is 7.83. The Morgan fingerprint density at radius 2 is 1.85 bits per heavy atom. The van der Waals surface area contributed by atoms with Gasteiger partial charge in [-0.1, -0.05) is 24.0 Å². The zero-order valence-corrected chi connectivity index (χ0v) is 17.5. The number of rotatable bonds is 6. The van der Waals surface area contributed by atoms with Crippen LogP contribution >= 0.6 is 0 Å². The predicted molar refractivity (Wildman–Crippen MR) is 117 cm³/mol. The first-order valence-corrected chi connectivity index (χ1v) is 10.4. The number of benzene rings is 2. The van der Waals surface area contributed by atoms with Crippen molar-refractivity contribution in [1.29, 1.82) is 0 Å². The van der Waals surface area contributed by atoms with Crippen molar-refractivity contribution < 1.29 is 29.5 Å². The van der Waals surface area contributed by atoms with E-state index in [2.05, 4.69) is 17.2 Å². The Labute approximate surface area is 189 Å². The van der Waals surface area contributed by atoms with E-state index in [9.17, 15) is 24.3 Å². The summed E-state index contributed by atoms with van der Waals surface area (Å²) in [4.78, 5) is 49.6. The minimum Gasteiger partial charge on any atom is -0.480 e. The topological polar surface area (TPSA) is 136 Å². The van der Waals surface area contributed by atoms with Crippen molar-refractivity contribution in [3.05, 3.63) is 64.7 Å². The van der Waals surface area contributed by atoms with E-state index in [4.69, 9.17) is 5.21 Å². The number of carbonyl (C=O) groups excluding carboxylic acids is 3. The fourth-order valence-electron chi connectivity index (χ4n) is 4.17. The molecule has 9 nitrogen and oxygen atoms in total. The van der Waals surface area contributed by atoms with Gasteiger partial charge in [0.05, 0.1) is 11.1 Å². The number of anilines is 1. The van der Waals surface area contributed by atoms with Gasteiger partial charge in [-0.3, -0.25) is 24.5 Å². The van der Waals surface area contributed by atoms with Crippen molar-refractivity contribution in [3.63, 3.8) is 0 Å². The van der Waals surface area contributed by atoms with Crippen LogP contribution in [-0.4, -0.2) is 51.5 Å². The van der Waals surface area contributed by atoms with Gasteiger partial charge in [0.2, 0.25) is 5.91 Å². The van der Waals surface area contributed by atoms with Crippen LogP contribution < -0.4 is 10.8 Å². The van der Waals surface area contributed by atoms with Gasteiger partial charge >= 0.3 is 5.97 Å². The summed E-state index contributed by atoms with van der Waals surface area (Å²) >= 11 is 0. The maximum Gasteiger partial charge on any atom is 0.326 e. The third-order valence-electron chi connectivity index (χ3n) is 5.79. The number of aliphatic carboxylic acids is 1. The minimum absolute atomic E-state index is 0.0638. The standard InChI is InChI=1S/C24H21N3O6/c28-21(26-33)8-4-1-5-14-9-10-19-18(11-14)15(13-25-19)12-20(24(31)32)27-22(29)16-6-2-3-7-17(16)23(27)30/h2-3,6-7,9-11,15,20,25,33H,4,8,12-13H2,(H,26,28)(H,31,32)/t15?,20-/m0/s1. The van der Waals surface area contributed by atoms with Crippen molar-refractivity contribution in [1.82, 2.24) is 10.4 Å². The number of hydrogen-bond donors (Lipinski definition) is 4. The first kappa shape index (κ1) is 22.0. The number of nitrogens with zero attached hydrogens (tertiary/aromatic N) is 1. The molecule has 0 fully saturated rings. The molecule has 2 aliphatic heterocycles. The van der Waals surface area contributed by atoms with E-state index in [1.807, 2.05) is 18.2 Å². The van der Waals surface area contributed by atoms with Crippen LogP contribution in [0.1, 0.15) is 57.0 Å². The number of fused-ring (bicyclic) bond motifs is 2. The van der Waals surface area contributed by atoms with Gasteiger partial charge in [-0.15, -0.1) is 0 Å². The minimum atomic E-state index is -1.30. The molecule has 4 N–H and O–H groups in total. The lowest BCUT2D eigenvalue weighted by Gasteiger charge is -2.25.